The largest absolute Gasteiger partial charge is 0.302 e. The third kappa shape index (κ3) is 1.29. The number of fused-ring (bicyclic) bond motifs is 3. The molecule has 0 saturated carbocycles. The maximum atomic E-state index is 11.2. The van der Waals surface area contributed by atoms with Gasteiger partial charge in [0.2, 0.25) is 0 Å². The van der Waals surface area contributed by atoms with Crippen LogP contribution in [0.25, 0.3) is 11.1 Å². The molecule has 1 atom stereocenters. The molecule has 0 radical (unpaired) electrons. The number of nitrogens with zero attached hydrogens (tertiary/aromatic N) is 1. The number of hydrogen-bond acceptors (Lipinski definition) is 3. The van der Waals surface area contributed by atoms with Crippen molar-refractivity contribution in [1.29, 1.82) is 0 Å². The van der Waals surface area contributed by atoms with Crippen molar-refractivity contribution in [2.45, 2.75) is 5.92 Å². The van der Waals surface area contributed by atoms with Crippen molar-refractivity contribution in [3.8, 4) is 11.1 Å². The Balaban J connectivity index is 2.39. The molecule has 4 heteroatoms. The zero-order valence-corrected chi connectivity index (χ0v) is 9.37. The first-order valence-electron chi connectivity index (χ1n) is 5.56. The second kappa shape index (κ2) is 3.77. The van der Waals surface area contributed by atoms with Crippen LogP contribution in [-0.2, 0) is 4.79 Å². The number of nitro benzene ring substituents is 1. The second-order valence-electron chi connectivity index (χ2n) is 4.20. The Kier molecular flexibility index (Phi) is 2.23. The van der Waals surface area contributed by atoms with Crippen molar-refractivity contribution in [3.05, 3.63) is 63.7 Å². The first-order chi connectivity index (χ1) is 8.74. The van der Waals surface area contributed by atoms with E-state index in [1.165, 1.54) is 6.07 Å². The quantitative estimate of drug-likeness (QED) is 0.460. The molecule has 0 fully saturated rings. The summed E-state index contributed by atoms with van der Waals surface area (Å²) < 4.78 is 0. The molecular weight excluding hydrogens is 230 g/mol. The van der Waals surface area contributed by atoms with Crippen LogP contribution in [0.2, 0.25) is 0 Å². The Morgan fingerprint density at radius 1 is 1.06 bits per heavy atom. The van der Waals surface area contributed by atoms with Gasteiger partial charge in [-0.3, -0.25) is 10.1 Å². The summed E-state index contributed by atoms with van der Waals surface area (Å²) in [5, 5.41) is 11.1. The Bertz CT molecular complexity index is 664. The number of benzene rings is 2. The topological polar surface area (TPSA) is 60.2 Å². The van der Waals surface area contributed by atoms with E-state index in [9.17, 15) is 14.9 Å². The minimum Gasteiger partial charge on any atom is -0.302 e. The summed E-state index contributed by atoms with van der Waals surface area (Å²) in [5.41, 5.74) is 2.99. The molecule has 0 aromatic heterocycles. The summed E-state index contributed by atoms with van der Waals surface area (Å²) in [4.78, 5) is 21.9. The van der Waals surface area contributed by atoms with Gasteiger partial charge in [0.25, 0.3) is 5.69 Å². The van der Waals surface area contributed by atoms with Gasteiger partial charge in [0.15, 0.2) is 0 Å². The van der Waals surface area contributed by atoms with Crippen molar-refractivity contribution >= 4 is 12.0 Å². The van der Waals surface area contributed by atoms with Crippen molar-refractivity contribution in [2.75, 3.05) is 0 Å². The molecular formula is C14H9NO3. The molecule has 0 saturated heterocycles. The molecule has 3 rings (SSSR count). The standard InChI is InChI=1S/C14H9NO3/c16-8-12-9-4-1-2-5-10(9)14-11(12)6-3-7-13(14)15(17)18/h1-8,12H. The van der Waals surface area contributed by atoms with Crippen LogP contribution in [0.4, 0.5) is 5.69 Å². The smallest absolute Gasteiger partial charge is 0.277 e. The fourth-order valence-corrected chi connectivity index (χ4v) is 2.57. The van der Waals surface area contributed by atoms with Gasteiger partial charge in [-0.15, -0.1) is 0 Å². The molecule has 2 aromatic rings. The van der Waals surface area contributed by atoms with Gasteiger partial charge in [0.1, 0.15) is 6.29 Å². The normalized spacial score (nSPS) is 15.9. The summed E-state index contributed by atoms with van der Waals surface area (Å²) in [6.45, 7) is 0. The van der Waals surface area contributed by atoms with Crippen LogP contribution in [0.1, 0.15) is 17.0 Å². The van der Waals surface area contributed by atoms with Crippen LogP contribution in [0, 0.1) is 10.1 Å². The Hall–Kier alpha value is -2.49. The molecule has 18 heavy (non-hydrogen) atoms. The molecule has 88 valence electrons. The summed E-state index contributed by atoms with van der Waals surface area (Å²) in [5.74, 6) is -0.393. The van der Waals surface area contributed by atoms with Gasteiger partial charge in [0.05, 0.1) is 16.4 Å². The summed E-state index contributed by atoms with van der Waals surface area (Å²) in [6.07, 6.45) is 0.842. The molecule has 0 heterocycles. The lowest BCUT2D eigenvalue weighted by Gasteiger charge is -2.03. The van der Waals surface area contributed by atoms with E-state index in [4.69, 9.17) is 0 Å². The zero-order chi connectivity index (χ0) is 12.7. The minimum atomic E-state index is -0.400. The number of aldehydes is 1. The van der Waals surface area contributed by atoms with Crippen LogP contribution in [0.5, 0.6) is 0 Å². The SMILES string of the molecule is O=CC1c2ccccc2-c2c1cccc2[N+](=O)[O-]. The average molecular weight is 239 g/mol. The highest BCUT2D eigenvalue weighted by molar-refractivity contribution is 5.91. The van der Waals surface area contributed by atoms with E-state index in [-0.39, 0.29) is 5.69 Å². The van der Waals surface area contributed by atoms with E-state index >= 15 is 0 Å². The van der Waals surface area contributed by atoms with E-state index in [0.29, 0.717) is 5.56 Å². The molecule has 0 amide bonds. The van der Waals surface area contributed by atoms with E-state index in [1.807, 2.05) is 24.3 Å². The van der Waals surface area contributed by atoms with Gasteiger partial charge < -0.3 is 4.79 Å². The Labute approximate surface area is 103 Å². The number of carbonyl (C=O) groups is 1. The third-order valence-corrected chi connectivity index (χ3v) is 3.31. The first-order valence-corrected chi connectivity index (χ1v) is 5.56. The molecule has 2 aromatic carbocycles. The van der Waals surface area contributed by atoms with E-state index in [0.717, 1.165) is 23.0 Å². The van der Waals surface area contributed by atoms with Crippen LogP contribution in [0.15, 0.2) is 42.5 Å². The number of nitro groups is 1. The van der Waals surface area contributed by atoms with E-state index in [2.05, 4.69) is 0 Å². The first kappa shape index (κ1) is 10.7. The predicted octanol–water partition coefficient (Wildman–Crippen LogP) is 2.91. The lowest BCUT2D eigenvalue weighted by Crippen LogP contribution is -1.97. The maximum absolute atomic E-state index is 11.2. The maximum Gasteiger partial charge on any atom is 0.277 e. The van der Waals surface area contributed by atoms with Crippen LogP contribution < -0.4 is 0 Å². The fourth-order valence-electron chi connectivity index (χ4n) is 2.57. The predicted molar refractivity (Wildman–Crippen MR) is 66.4 cm³/mol. The highest BCUT2D eigenvalue weighted by atomic mass is 16.6. The summed E-state index contributed by atoms with van der Waals surface area (Å²) >= 11 is 0. The Morgan fingerprint density at radius 3 is 2.50 bits per heavy atom. The van der Waals surface area contributed by atoms with Gasteiger partial charge in [-0.25, -0.2) is 0 Å². The monoisotopic (exact) mass is 239 g/mol. The van der Waals surface area contributed by atoms with Gasteiger partial charge in [-0.05, 0) is 16.7 Å². The second-order valence-corrected chi connectivity index (χ2v) is 4.20. The summed E-state index contributed by atoms with van der Waals surface area (Å²) in [7, 11) is 0. The highest BCUT2D eigenvalue weighted by Crippen LogP contribution is 2.47. The average Bonchev–Trinajstić information content (AvgIpc) is 2.72. The third-order valence-electron chi connectivity index (χ3n) is 3.31. The molecule has 4 nitrogen and oxygen atoms in total. The van der Waals surface area contributed by atoms with Crippen molar-refractivity contribution in [1.82, 2.24) is 0 Å². The summed E-state index contributed by atoms with van der Waals surface area (Å²) in [6, 6.07) is 12.2. The van der Waals surface area contributed by atoms with Gasteiger partial charge >= 0.3 is 0 Å². The van der Waals surface area contributed by atoms with Crippen molar-refractivity contribution in [3.63, 3.8) is 0 Å². The van der Waals surface area contributed by atoms with Gasteiger partial charge in [-0.2, -0.15) is 0 Å². The minimum absolute atomic E-state index is 0.0595. The van der Waals surface area contributed by atoms with E-state index in [1.54, 1.807) is 12.1 Å². The molecule has 0 aliphatic heterocycles. The molecule has 0 spiro atoms. The molecule has 1 aliphatic rings. The number of hydrogen-bond donors (Lipinski definition) is 0. The number of rotatable bonds is 2. The fraction of sp³-hybridized carbons (Fsp3) is 0.0714. The van der Waals surface area contributed by atoms with Gasteiger partial charge in [0, 0.05) is 6.07 Å². The van der Waals surface area contributed by atoms with Crippen LogP contribution in [-0.4, -0.2) is 11.2 Å². The Morgan fingerprint density at radius 2 is 1.78 bits per heavy atom. The van der Waals surface area contributed by atoms with Crippen LogP contribution >= 0.6 is 0 Å². The van der Waals surface area contributed by atoms with Crippen molar-refractivity contribution < 1.29 is 9.72 Å². The molecule has 1 unspecified atom stereocenters. The molecule has 1 aliphatic carbocycles. The van der Waals surface area contributed by atoms with Crippen molar-refractivity contribution in [2.24, 2.45) is 0 Å². The van der Waals surface area contributed by atoms with E-state index < -0.39 is 10.8 Å². The highest BCUT2D eigenvalue weighted by Gasteiger charge is 2.33. The van der Waals surface area contributed by atoms with Crippen LogP contribution in [0.3, 0.4) is 0 Å². The lowest BCUT2D eigenvalue weighted by atomic mass is 9.99. The van der Waals surface area contributed by atoms with Gasteiger partial charge in [-0.1, -0.05) is 36.4 Å². The molecule has 0 N–H and O–H groups in total. The molecule has 0 bridgehead atoms. The number of carbonyl (C=O) groups excluding carboxylic acids is 1. The zero-order valence-electron chi connectivity index (χ0n) is 9.37. The lowest BCUT2D eigenvalue weighted by molar-refractivity contribution is -0.384.